The summed E-state index contributed by atoms with van der Waals surface area (Å²) in [6.07, 6.45) is -2.23. The molecule has 1 aliphatic rings. The van der Waals surface area contributed by atoms with E-state index < -0.39 is 37.6 Å². The molecule has 0 unspecified atom stereocenters. The Bertz CT molecular complexity index is 1680. The van der Waals surface area contributed by atoms with Crippen LogP contribution in [-0.4, -0.2) is 45.2 Å². The Morgan fingerprint density at radius 1 is 0.975 bits per heavy atom. The average molecular weight is 601 g/mol. The van der Waals surface area contributed by atoms with E-state index in [4.69, 9.17) is 0 Å². The second-order valence-electron chi connectivity index (χ2n) is 8.82. The predicted octanol–water partition coefficient (Wildman–Crippen LogP) is 2.59. The van der Waals surface area contributed by atoms with Crippen molar-refractivity contribution < 1.29 is 34.8 Å². The van der Waals surface area contributed by atoms with Gasteiger partial charge in [0.15, 0.2) is 0 Å². The van der Waals surface area contributed by atoms with E-state index in [0.29, 0.717) is 23.1 Å². The fraction of sp³-hybridized carbons (Fsp3) is 0.227. The van der Waals surface area contributed by atoms with Crippen LogP contribution in [0.4, 0.5) is 47.7 Å². The second-order valence-corrected chi connectivity index (χ2v) is 12.3. The summed E-state index contributed by atoms with van der Waals surface area (Å²) in [4.78, 5) is 21.4. The molecule has 214 valence electrons. The van der Waals surface area contributed by atoms with E-state index in [1.807, 2.05) is 4.83 Å². The summed E-state index contributed by atoms with van der Waals surface area (Å²) in [5.41, 5.74) is 3.48. The van der Waals surface area contributed by atoms with E-state index in [2.05, 4.69) is 36.1 Å². The van der Waals surface area contributed by atoms with Crippen molar-refractivity contribution in [3.05, 3.63) is 59.3 Å². The molecular formula is C22H23F3N8O5S2. The molecule has 0 bridgehead atoms. The third-order valence-electron chi connectivity index (χ3n) is 5.22. The lowest BCUT2D eigenvalue weighted by Crippen LogP contribution is -2.28. The molecule has 2 aromatic carbocycles. The van der Waals surface area contributed by atoms with Crippen LogP contribution < -0.4 is 30.9 Å². The first-order valence-electron chi connectivity index (χ1n) is 11.3. The zero-order valence-corrected chi connectivity index (χ0v) is 22.5. The summed E-state index contributed by atoms with van der Waals surface area (Å²) in [7, 11) is -7.41. The Morgan fingerprint density at radius 3 is 2.38 bits per heavy atom. The number of nitrogens with zero attached hydrogens (tertiary/aromatic N) is 2. The Kier molecular flexibility index (Phi) is 7.77. The smallest absolute Gasteiger partial charge is 0.365 e. The minimum absolute atomic E-state index is 0.0327. The molecule has 4 rings (SSSR count). The van der Waals surface area contributed by atoms with Crippen molar-refractivity contribution in [2.45, 2.75) is 19.1 Å². The minimum atomic E-state index is -4.80. The van der Waals surface area contributed by atoms with Gasteiger partial charge in [-0.15, -0.1) is 4.83 Å². The first-order valence-corrected chi connectivity index (χ1v) is 15.0. The number of sulfonamides is 2. The Labute approximate surface area is 227 Å². The van der Waals surface area contributed by atoms with Crippen LogP contribution >= 0.6 is 0 Å². The number of hydrazine groups is 1. The van der Waals surface area contributed by atoms with Crippen LogP contribution in [0.25, 0.3) is 0 Å². The van der Waals surface area contributed by atoms with Gasteiger partial charge in [0.1, 0.15) is 11.4 Å². The van der Waals surface area contributed by atoms with Gasteiger partial charge in [-0.25, -0.2) is 21.8 Å². The van der Waals surface area contributed by atoms with Crippen molar-refractivity contribution in [1.82, 2.24) is 14.8 Å². The molecule has 2 heterocycles. The maximum absolute atomic E-state index is 13.7. The summed E-state index contributed by atoms with van der Waals surface area (Å²) in [5.74, 6) is -0.890. The predicted molar refractivity (Wildman–Crippen MR) is 143 cm³/mol. The van der Waals surface area contributed by atoms with Crippen LogP contribution in [0.3, 0.4) is 0 Å². The van der Waals surface area contributed by atoms with E-state index in [9.17, 15) is 34.8 Å². The van der Waals surface area contributed by atoms with E-state index in [-0.39, 0.29) is 41.8 Å². The first-order chi connectivity index (χ1) is 18.5. The molecule has 0 atom stereocenters. The average Bonchev–Trinajstić information content (AvgIpc) is 3.18. The van der Waals surface area contributed by atoms with Gasteiger partial charge in [0.05, 0.1) is 30.3 Å². The van der Waals surface area contributed by atoms with Gasteiger partial charge in [0, 0.05) is 24.1 Å². The van der Waals surface area contributed by atoms with Gasteiger partial charge in [-0.2, -0.15) is 18.2 Å². The Morgan fingerprint density at radius 2 is 1.70 bits per heavy atom. The van der Waals surface area contributed by atoms with Gasteiger partial charge in [-0.1, -0.05) is 0 Å². The summed E-state index contributed by atoms with van der Waals surface area (Å²) >= 11 is 0. The molecule has 18 heteroatoms. The molecule has 0 saturated carbocycles. The molecule has 1 amide bonds. The highest BCUT2D eigenvalue weighted by atomic mass is 32.2. The highest BCUT2D eigenvalue weighted by Crippen LogP contribution is 2.35. The van der Waals surface area contributed by atoms with E-state index in [1.54, 1.807) is 18.2 Å². The number of fused-ring (bicyclic) bond motifs is 1. The van der Waals surface area contributed by atoms with Gasteiger partial charge in [-0.3, -0.25) is 9.52 Å². The quantitative estimate of drug-likeness (QED) is 0.189. The maximum Gasteiger partial charge on any atom is 0.421 e. The molecule has 0 radical (unpaired) electrons. The number of aromatic nitrogens is 2. The molecule has 6 N–H and O–H groups in total. The first kappa shape index (κ1) is 28.8. The Balaban J connectivity index is 1.60. The number of amides is 1. The highest BCUT2D eigenvalue weighted by Gasteiger charge is 2.35. The zero-order chi connectivity index (χ0) is 29.3. The standard InChI is InChI=1S/C22H23F3N8O5S2/c1-39(35,36)32-16-6-12(5-15(9-16)31-33-40(2,37)38)10-26-20-17(22(23,24)25)11-27-21(30-20)28-14-3-4-18-13(7-14)8-19(34)29-18/h3-7,9,11,31-33H,8,10H2,1-2H3,(H,29,34)(H2,26,27,28,30). The van der Waals surface area contributed by atoms with Crippen molar-refractivity contribution in [3.8, 4) is 0 Å². The largest absolute Gasteiger partial charge is 0.421 e. The number of alkyl halides is 3. The molecule has 1 aromatic heterocycles. The third kappa shape index (κ3) is 7.93. The molecule has 0 saturated heterocycles. The van der Waals surface area contributed by atoms with Gasteiger partial charge in [-0.05, 0) is 47.5 Å². The molecule has 3 aromatic rings. The van der Waals surface area contributed by atoms with Crippen molar-refractivity contribution in [2.75, 3.05) is 38.6 Å². The number of carbonyl (C=O) groups excluding carboxylic acids is 1. The van der Waals surface area contributed by atoms with Crippen molar-refractivity contribution >= 4 is 60.5 Å². The van der Waals surface area contributed by atoms with Crippen molar-refractivity contribution in [3.63, 3.8) is 0 Å². The molecule has 0 fully saturated rings. The van der Waals surface area contributed by atoms with Gasteiger partial charge < -0.3 is 21.4 Å². The van der Waals surface area contributed by atoms with Gasteiger partial charge >= 0.3 is 6.18 Å². The second kappa shape index (κ2) is 10.8. The zero-order valence-electron chi connectivity index (χ0n) is 20.8. The van der Waals surface area contributed by atoms with E-state index in [1.165, 1.54) is 18.2 Å². The van der Waals surface area contributed by atoms with Crippen LogP contribution in [0.15, 0.2) is 42.6 Å². The lowest BCUT2D eigenvalue weighted by molar-refractivity contribution is -0.137. The number of carbonyl (C=O) groups is 1. The van der Waals surface area contributed by atoms with Crippen LogP contribution in [0.5, 0.6) is 0 Å². The molecule has 40 heavy (non-hydrogen) atoms. The number of rotatable bonds is 10. The molecule has 0 aliphatic carbocycles. The number of halogens is 3. The van der Waals surface area contributed by atoms with Crippen LogP contribution in [0.1, 0.15) is 16.7 Å². The molecule has 1 aliphatic heterocycles. The van der Waals surface area contributed by atoms with Crippen molar-refractivity contribution in [1.29, 1.82) is 0 Å². The SMILES string of the molecule is CS(=O)(=O)NNc1cc(CNc2nc(Nc3ccc4c(c3)CC(=O)N4)ncc2C(F)(F)F)cc(NS(C)(=O)=O)c1. The number of anilines is 6. The fourth-order valence-electron chi connectivity index (χ4n) is 3.70. The van der Waals surface area contributed by atoms with Gasteiger partial charge in [0.2, 0.25) is 31.9 Å². The number of hydrogen-bond donors (Lipinski definition) is 6. The number of nitrogens with one attached hydrogen (secondary N) is 6. The maximum atomic E-state index is 13.7. The third-order valence-corrected chi connectivity index (χ3v) is 6.30. The van der Waals surface area contributed by atoms with E-state index in [0.717, 1.165) is 12.5 Å². The number of benzene rings is 2. The minimum Gasteiger partial charge on any atom is -0.365 e. The van der Waals surface area contributed by atoms with Crippen LogP contribution in [0.2, 0.25) is 0 Å². The molecule has 0 spiro atoms. The molecular weight excluding hydrogens is 577 g/mol. The molecule has 13 nitrogen and oxygen atoms in total. The Hall–Kier alpha value is -4.16. The monoisotopic (exact) mass is 600 g/mol. The van der Waals surface area contributed by atoms with Crippen molar-refractivity contribution in [2.24, 2.45) is 0 Å². The highest BCUT2D eigenvalue weighted by molar-refractivity contribution is 7.92. The summed E-state index contributed by atoms with van der Waals surface area (Å²) in [5, 5.41) is 8.09. The summed E-state index contributed by atoms with van der Waals surface area (Å²) in [6, 6.07) is 8.95. The number of hydrogen-bond acceptors (Lipinski definition) is 10. The topological polar surface area (TPSA) is 183 Å². The lowest BCUT2D eigenvalue weighted by atomic mass is 10.1. The lowest BCUT2D eigenvalue weighted by Gasteiger charge is -2.16. The van der Waals surface area contributed by atoms with E-state index >= 15 is 0 Å². The summed E-state index contributed by atoms with van der Waals surface area (Å²) in [6.45, 7) is -0.265. The summed E-state index contributed by atoms with van der Waals surface area (Å²) < 4.78 is 89.7. The fourth-order valence-corrected chi connectivity index (χ4v) is 4.55. The van der Waals surface area contributed by atoms with Crippen LogP contribution in [-0.2, 0) is 44.0 Å². The van der Waals surface area contributed by atoms with Crippen LogP contribution in [0, 0.1) is 0 Å². The normalized spacial score (nSPS) is 13.4. The van der Waals surface area contributed by atoms with Gasteiger partial charge in [0.25, 0.3) is 0 Å².